The first-order valence-corrected chi connectivity index (χ1v) is 8.23. The van der Waals surface area contributed by atoms with Crippen molar-refractivity contribution in [3.05, 3.63) is 24.3 Å². The highest BCUT2D eigenvalue weighted by Gasteiger charge is 2.13. The van der Waals surface area contributed by atoms with Crippen LogP contribution in [-0.2, 0) is 4.79 Å². The van der Waals surface area contributed by atoms with Crippen molar-refractivity contribution >= 4 is 17.3 Å². The molecule has 0 radical (unpaired) electrons. The highest BCUT2D eigenvalue weighted by atomic mass is 16.1. The predicted molar refractivity (Wildman–Crippen MR) is 92.6 cm³/mol. The van der Waals surface area contributed by atoms with Gasteiger partial charge >= 0.3 is 0 Å². The SMILES string of the molecule is CCCNC(=O)CCNc1ccc(N2CCN(C)CC2)cc1. The number of piperazine rings is 1. The maximum atomic E-state index is 11.5. The monoisotopic (exact) mass is 304 g/mol. The van der Waals surface area contributed by atoms with Gasteiger partial charge in [-0.1, -0.05) is 6.92 Å². The van der Waals surface area contributed by atoms with E-state index in [4.69, 9.17) is 0 Å². The lowest BCUT2D eigenvalue weighted by atomic mass is 10.2. The number of carbonyl (C=O) groups excluding carboxylic acids is 1. The number of hydrogen-bond donors (Lipinski definition) is 2. The Balaban J connectivity index is 1.74. The summed E-state index contributed by atoms with van der Waals surface area (Å²) in [7, 11) is 2.17. The second kappa shape index (κ2) is 8.63. The lowest BCUT2D eigenvalue weighted by Crippen LogP contribution is -2.44. The molecule has 5 nitrogen and oxygen atoms in total. The van der Waals surface area contributed by atoms with Crippen LogP contribution in [0.25, 0.3) is 0 Å². The van der Waals surface area contributed by atoms with Crippen molar-refractivity contribution in [2.24, 2.45) is 0 Å². The van der Waals surface area contributed by atoms with Crippen LogP contribution < -0.4 is 15.5 Å². The molecule has 2 rings (SSSR count). The van der Waals surface area contributed by atoms with Crippen molar-refractivity contribution in [2.45, 2.75) is 19.8 Å². The third-order valence-corrected chi connectivity index (χ3v) is 3.99. The number of likely N-dealkylation sites (N-methyl/N-ethyl adjacent to an activating group) is 1. The van der Waals surface area contributed by atoms with Gasteiger partial charge in [-0.2, -0.15) is 0 Å². The summed E-state index contributed by atoms with van der Waals surface area (Å²) >= 11 is 0. The van der Waals surface area contributed by atoms with Crippen LogP contribution in [0.1, 0.15) is 19.8 Å². The Bertz CT molecular complexity index is 452. The average Bonchev–Trinajstić information content (AvgIpc) is 2.54. The van der Waals surface area contributed by atoms with Crippen LogP contribution in [0, 0.1) is 0 Å². The van der Waals surface area contributed by atoms with E-state index in [0.29, 0.717) is 13.0 Å². The van der Waals surface area contributed by atoms with E-state index in [1.165, 1.54) is 5.69 Å². The standard InChI is InChI=1S/C17H28N4O/c1-3-9-19-17(22)8-10-18-15-4-6-16(7-5-15)21-13-11-20(2)12-14-21/h4-7,18H,3,8-14H2,1-2H3,(H,19,22). The molecule has 1 saturated heterocycles. The van der Waals surface area contributed by atoms with Gasteiger partial charge in [0.05, 0.1) is 0 Å². The molecule has 2 N–H and O–H groups in total. The van der Waals surface area contributed by atoms with Gasteiger partial charge in [0.1, 0.15) is 0 Å². The summed E-state index contributed by atoms with van der Waals surface area (Å²) < 4.78 is 0. The minimum atomic E-state index is 0.114. The number of amides is 1. The molecular weight excluding hydrogens is 276 g/mol. The van der Waals surface area contributed by atoms with Crippen LogP contribution in [0.2, 0.25) is 0 Å². The summed E-state index contributed by atoms with van der Waals surface area (Å²) in [6, 6.07) is 8.50. The molecule has 5 heteroatoms. The zero-order chi connectivity index (χ0) is 15.8. The first-order chi connectivity index (χ1) is 10.7. The van der Waals surface area contributed by atoms with E-state index in [1.54, 1.807) is 0 Å². The van der Waals surface area contributed by atoms with E-state index in [-0.39, 0.29) is 5.91 Å². The predicted octanol–water partition coefficient (Wildman–Crippen LogP) is 1.77. The Morgan fingerprint density at radius 3 is 2.41 bits per heavy atom. The molecule has 1 aliphatic heterocycles. The lowest BCUT2D eigenvalue weighted by Gasteiger charge is -2.34. The van der Waals surface area contributed by atoms with E-state index in [9.17, 15) is 4.79 Å². The second-order valence-corrected chi connectivity index (χ2v) is 5.86. The molecule has 1 aliphatic rings. The second-order valence-electron chi connectivity index (χ2n) is 5.86. The van der Waals surface area contributed by atoms with Crippen LogP contribution in [0.4, 0.5) is 11.4 Å². The van der Waals surface area contributed by atoms with Gasteiger partial charge in [-0.05, 0) is 37.7 Å². The van der Waals surface area contributed by atoms with Crippen molar-refractivity contribution in [2.75, 3.05) is 56.5 Å². The van der Waals surface area contributed by atoms with Crippen molar-refractivity contribution in [3.63, 3.8) is 0 Å². The van der Waals surface area contributed by atoms with E-state index in [1.807, 2.05) is 0 Å². The lowest BCUT2D eigenvalue weighted by molar-refractivity contribution is -0.120. The van der Waals surface area contributed by atoms with Crippen LogP contribution in [0.3, 0.4) is 0 Å². The molecule has 1 heterocycles. The van der Waals surface area contributed by atoms with Gasteiger partial charge in [0.25, 0.3) is 0 Å². The Morgan fingerprint density at radius 1 is 1.09 bits per heavy atom. The molecule has 0 spiro atoms. The normalized spacial score (nSPS) is 15.6. The number of benzene rings is 1. The number of nitrogens with zero attached hydrogens (tertiary/aromatic N) is 2. The smallest absolute Gasteiger partial charge is 0.221 e. The third kappa shape index (κ3) is 5.22. The van der Waals surface area contributed by atoms with Gasteiger partial charge in [0, 0.05) is 57.1 Å². The molecular formula is C17H28N4O. The number of anilines is 2. The summed E-state index contributed by atoms with van der Waals surface area (Å²) in [4.78, 5) is 16.3. The average molecular weight is 304 g/mol. The molecule has 0 bridgehead atoms. The molecule has 122 valence electrons. The van der Waals surface area contributed by atoms with Gasteiger partial charge in [-0.25, -0.2) is 0 Å². The number of rotatable bonds is 7. The van der Waals surface area contributed by atoms with Crippen LogP contribution in [0.5, 0.6) is 0 Å². The topological polar surface area (TPSA) is 47.6 Å². The van der Waals surface area contributed by atoms with Crippen molar-refractivity contribution in [3.8, 4) is 0 Å². The maximum absolute atomic E-state index is 11.5. The first-order valence-electron chi connectivity index (χ1n) is 8.23. The van der Waals surface area contributed by atoms with Gasteiger partial charge in [0.15, 0.2) is 0 Å². The van der Waals surface area contributed by atoms with Crippen molar-refractivity contribution < 1.29 is 4.79 Å². The molecule has 0 unspecified atom stereocenters. The highest BCUT2D eigenvalue weighted by Crippen LogP contribution is 2.19. The summed E-state index contributed by atoms with van der Waals surface area (Å²) in [5, 5.41) is 6.19. The van der Waals surface area contributed by atoms with Crippen LogP contribution >= 0.6 is 0 Å². The van der Waals surface area contributed by atoms with Gasteiger partial charge in [0.2, 0.25) is 5.91 Å². The fourth-order valence-electron chi connectivity index (χ4n) is 2.53. The summed E-state index contributed by atoms with van der Waals surface area (Å²) in [6.45, 7) is 7.89. The third-order valence-electron chi connectivity index (χ3n) is 3.99. The number of nitrogens with one attached hydrogen (secondary N) is 2. The molecule has 0 atom stereocenters. The highest BCUT2D eigenvalue weighted by molar-refractivity contribution is 5.76. The largest absolute Gasteiger partial charge is 0.385 e. The fraction of sp³-hybridized carbons (Fsp3) is 0.588. The number of carbonyl (C=O) groups is 1. The zero-order valence-electron chi connectivity index (χ0n) is 13.8. The number of hydrogen-bond acceptors (Lipinski definition) is 4. The van der Waals surface area contributed by atoms with E-state index < -0.39 is 0 Å². The Morgan fingerprint density at radius 2 is 1.77 bits per heavy atom. The molecule has 0 aliphatic carbocycles. The molecule has 1 aromatic rings. The summed E-state index contributed by atoms with van der Waals surface area (Å²) in [5.41, 5.74) is 2.35. The van der Waals surface area contributed by atoms with Gasteiger partial charge < -0.3 is 20.4 Å². The van der Waals surface area contributed by atoms with Gasteiger partial charge in [-0.3, -0.25) is 4.79 Å². The Hall–Kier alpha value is -1.75. The quantitative estimate of drug-likeness (QED) is 0.806. The van der Waals surface area contributed by atoms with Crippen molar-refractivity contribution in [1.82, 2.24) is 10.2 Å². The Labute approximate surface area is 133 Å². The van der Waals surface area contributed by atoms with E-state index in [0.717, 1.165) is 44.8 Å². The minimum Gasteiger partial charge on any atom is -0.385 e. The molecule has 1 aromatic carbocycles. The summed E-state index contributed by atoms with van der Waals surface area (Å²) in [5.74, 6) is 0.114. The first kappa shape index (κ1) is 16.6. The fourth-order valence-corrected chi connectivity index (χ4v) is 2.53. The molecule has 0 saturated carbocycles. The van der Waals surface area contributed by atoms with E-state index >= 15 is 0 Å². The minimum absolute atomic E-state index is 0.114. The molecule has 1 amide bonds. The molecule has 22 heavy (non-hydrogen) atoms. The summed E-state index contributed by atoms with van der Waals surface area (Å²) in [6.07, 6.45) is 1.49. The van der Waals surface area contributed by atoms with Gasteiger partial charge in [-0.15, -0.1) is 0 Å². The molecule has 0 aromatic heterocycles. The van der Waals surface area contributed by atoms with Crippen LogP contribution in [-0.4, -0.2) is 57.1 Å². The zero-order valence-corrected chi connectivity index (χ0v) is 13.8. The maximum Gasteiger partial charge on any atom is 0.221 e. The Kier molecular flexibility index (Phi) is 6.52. The van der Waals surface area contributed by atoms with Crippen LogP contribution in [0.15, 0.2) is 24.3 Å². The van der Waals surface area contributed by atoms with Crippen molar-refractivity contribution in [1.29, 1.82) is 0 Å². The molecule has 1 fully saturated rings. The van der Waals surface area contributed by atoms with E-state index in [2.05, 4.69) is 58.7 Å².